The van der Waals surface area contributed by atoms with Gasteiger partial charge in [-0.2, -0.15) is 0 Å². The lowest BCUT2D eigenvalue weighted by Gasteiger charge is -2.03. The van der Waals surface area contributed by atoms with E-state index in [0.717, 1.165) is 28.2 Å². The third-order valence-electron chi connectivity index (χ3n) is 2.12. The molecule has 0 aromatic carbocycles. The number of hydrogen-bond donors (Lipinski definition) is 1. The second kappa shape index (κ2) is 5.97. The van der Waals surface area contributed by atoms with Crippen LogP contribution in [0.25, 0.3) is 10.2 Å². The number of rotatable bonds is 5. The van der Waals surface area contributed by atoms with Crippen molar-refractivity contribution in [1.29, 1.82) is 0 Å². The Labute approximate surface area is 108 Å². The first-order valence-electron chi connectivity index (χ1n) is 5.39. The number of fused-ring (bicyclic) bond motifs is 1. The third kappa shape index (κ3) is 3.17. The van der Waals surface area contributed by atoms with Gasteiger partial charge in [0.15, 0.2) is 0 Å². The monoisotopic (exact) mass is 267 g/mol. The number of carbonyl (C=O) groups excluding carboxylic acids is 1. The number of amides is 1. The summed E-state index contributed by atoms with van der Waals surface area (Å²) < 4.78 is 1.06. The highest BCUT2D eigenvalue weighted by molar-refractivity contribution is 8.00. The summed E-state index contributed by atoms with van der Waals surface area (Å²) in [4.78, 5) is 19.9. The summed E-state index contributed by atoms with van der Waals surface area (Å²) in [5.41, 5.74) is 0.946. The van der Waals surface area contributed by atoms with E-state index >= 15 is 0 Å². The second-order valence-electron chi connectivity index (χ2n) is 3.45. The van der Waals surface area contributed by atoms with E-state index in [1.54, 1.807) is 17.7 Å². The summed E-state index contributed by atoms with van der Waals surface area (Å²) in [5.74, 6) is 0.462. The van der Waals surface area contributed by atoms with E-state index in [9.17, 15) is 4.79 Å². The smallest absolute Gasteiger partial charge is 0.230 e. The molecular weight excluding hydrogens is 254 g/mol. The molecule has 17 heavy (non-hydrogen) atoms. The number of nitrogens with zero attached hydrogens (tertiary/aromatic N) is 2. The van der Waals surface area contributed by atoms with Crippen molar-refractivity contribution in [3.63, 3.8) is 0 Å². The van der Waals surface area contributed by atoms with E-state index in [1.807, 2.05) is 18.4 Å². The first-order valence-corrected chi connectivity index (χ1v) is 7.25. The van der Waals surface area contributed by atoms with E-state index in [0.29, 0.717) is 5.75 Å². The van der Waals surface area contributed by atoms with Gasteiger partial charge < -0.3 is 5.32 Å². The van der Waals surface area contributed by atoms with E-state index in [4.69, 9.17) is 0 Å². The highest BCUT2D eigenvalue weighted by Crippen LogP contribution is 2.28. The van der Waals surface area contributed by atoms with Crippen molar-refractivity contribution >= 4 is 39.2 Å². The second-order valence-corrected chi connectivity index (χ2v) is 5.33. The number of thioether (sulfide) groups is 1. The van der Waals surface area contributed by atoms with Gasteiger partial charge in [0.25, 0.3) is 0 Å². The summed E-state index contributed by atoms with van der Waals surface area (Å²) in [6, 6.07) is 1.96. The van der Waals surface area contributed by atoms with Crippen molar-refractivity contribution in [3.05, 3.63) is 17.8 Å². The van der Waals surface area contributed by atoms with Crippen LogP contribution in [0.3, 0.4) is 0 Å². The van der Waals surface area contributed by atoms with E-state index in [2.05, 4.69) is 15.3 Å². The minimum atomic E-state index is 0.0557. The van der Waals surface area contributed by atoms with Crippen molar-refractivity contribution in [1.82, 2.24) is 15.3 Å². The molecule has 0 atom stereocenters. The average Bonchev–Trinajstić information content (AvgIpc) is 2.82. The predicted octanol–water partition coefficient (Wildman–Crippen LogP) is 2.31. The van der Waals surface area contributed by atoms with Gasteiger partial charge in [-0.05, 0) is 17.9 Å². The zero-order valence-electron chi connectivity index (χ0n) is 9.47. The van der Waals surface area contributed by atoms with Crippen LogP contribution in [-0.2, 0) is 4.79 Å². The maximum Gasteiger partial charge on any atom is 0.230 e. The Morgan fingerprint density at radius 3 is 3.24 bits per heavy atom. The van der Waals surface area contributed by atoms with Gasteiger partial charge in [-0.25, -0.2) is 9.97 Å². The lowest BCUT2D eigenvalue weighted by Crippen LogP contribution is -2.25. The van der Waals surface area contributed by atoms with Crippen molar-refractivity contribution in [2.75, 3.05) is 12.3 Å². The molecule has 0 aliphatic heterocycles. The Hall–Kier alpha value is -1.14. The maximum atomic E-state index is 11.5. The quantitative estimate of drug-likeness (QED) is 0.667. The molecule has 1 N–H and O–H groups in total. The molecule has 0 spiro atoms. The minimum absolute atomic E-state index is 0.0557. The largest absolute Gasteiger partial charge is 0.355 e. The van der Waals surface area contributed by atoms with Crippen molar-refractivity contribution in [2.24, 2.45) is 0 Å². The highest BCUT2D eigenvalue weighted by atomic mass is 32.2. The molecule has 0 fully saturated rings. The molecule has 0 aliphatic rings. The molecule has 0 saturated heterocycles. The van der Waals surface area contributed by atoms with Crippen LogP contribution < -0.4 is 5.32 Å². The van der Waals surface area contributed by atoms with E-state index in [1.165, 1.54) is 11.8 Å². The molecule has 0 aliphatic carbocycles. The van der Waals surface area contributed by atoms with Gasteiger partial charge in [0, 0.05) is 6.54 Å². The van der Waals surface area contributed by atoms with Gasteiger partial charge in [-0.1, -0.05) is 18.7 Å². The number of carbonyl (C=O) groups is 1. The van der Waals surface area contributed by atoms with Gasteiger partial charge in [0.2, 0.25) is 5.91 Å². The summed E-state index contributed by atoms with van der Waals surface area (Å²) in [6.45, 7) is 2.77. The Morgan fingerprint density at radius 1 is 1.53 bits per heavy atom. The van der Waals surface area contributed by atoms with Crippen LogP contribution in [-0.4, -0.2) is 28.2 Å². The van der Waals surface area contributed by atoms with Gasteiger partial charge in [0.1, 0.15) is 11.4 Å². The summed E-state index contributed by atoms with van der Waals surface area (Å²) in [5, 5.41) is 5.72. The molecule has 6 heteroatoms. The van der Waals surface area contributed by atoms with Crippen LogP contribution in [0.1, 0.15) is 13.3 Å². The van der Waals surface area contributed by atoms with E-state index < -0.39 is 0 Å². The van der Waals surface area contributed by atoms with Gasteiger partial charge in [-0.3, -0.25) is 4.79 Å². The minimum Gasteiger partial charge on any atom is -0.355 e. The number of nitrogens with one attached hydrogen (secondary N) is 1. The van der Waals surface area contributed by atoms with Gasteiger partial charge in [-0.15, -0.1) is 11.3 Å². The zero-order valence-corrected chi connectivity index (χ0v) is 11.1. The van der Waals surface area contributed by atoms with Crippen molar-refractivity contribution < 1.29 is 4.79 Å². The van der Waals surface area contributed by atoms with Crippen molar-refractivity contribution in [3.8, 4) is 0 Å². The summed E-state index contributed by atoms with van der Waals surface area (Å²) in [6.07, 6.45) is 2.50. The SMILES string of the molecule is CCCNC(=O)CSc1ncnc2ccsc12. The molecule has 2 rings (SSSR count). The molecule has 0 radical (unpaired) electrons. The third-order valence-corrected chi connectivity index (χ3v) is 4.15. The highest BCUT2D eigenvalue weighted by Gasteiger charge is 2.08. The first kappa shape index (κ1) is 12.3. The normalized spacial score (nSPS) is 10.6. The molecule has 0 unspecified atom stereocenters. The molecule has 0 bridgehead atoms. The molecular formula is C11H13N3OS2. The summed E-state index contributed by atoms with van der Waals surface area (Å²) >= 11 is 3.07. The average molecular weight is 267 g/mol. The molecule has 2 aromatic heterocycles. The first-order chi connectivity index (χ1) is 8.31. The van der Waals surface area contributed by atoms with E-state index in [-0.39, 0.29) is 5.91 Å². The standard InChI is InChI=1S/C11H13N3OS2/c1-2-4-12-9(15)6-17-11-10-8(3-5-16-10)13-7-14-11/h3,5,7H,2,4,6H2,1H3,(H,12,15). The zero-order chi connectivity index (χ0) is 12.1. The van der Waals surface area contributed by atoms with Crippen LogP contribution in [0, 0.1) is 0 Å². The molecule has 0 saturated carbocycles. The fourth-order valence-corrected chi connectivity index (χ4v) is 3.09. The van der Waals surface area contributed by atoms with Gasteiger partial charge >= 0.3 is 0 Å². The van der Waals surface area contributed by atoms with Crippen LogP contribution in [0.4, 0.5) is 0 Å². The molecule has 90 valence electrons. The van der Waals surface area contributed by atoms with Crippen molar-refractivity contribution in [2.45, 2.75) is 18.4 Å². The fraction of sp³-hybridized carbons (Fsp3) is 0.364. The molecule has 1 amide bonds. The Balaban J connectivity index is 1.99. The maximum absolute atomic E-state index is 11.5. The topological polar surface area (TPSA) is 54.9 Å². The number of thiophene rings is 1. The lowest BCUT2D eigenvalue weighted by atomic mass is 10.5. The Kier molecular flexibility index (Phi) is 4.33. The van der Waals surface area contributed by atoms with Crippen LogP contribution in [0.5, 0.6) is 0 Å². The molecule has 2 heterocycles. The number of aromatic nitrogens is 2. The summed E-state index contributed by atoms with van der Waals surface area (Å²) in [7, 11) is 0. The van der Waals surface area contributed by atoms with Crippen LogP contribution in [0.2, 0.25) is 0 Å². The number of hydrogen-bond acceptors (Lipinski definition) is 5. The predicted molar refractivity (Wildman–Crippen MR) is 71.4 cm³/mol. The Bertz CT molecular complexity index is 512. The fourth-order valence-electron chi connectivity index (χ4n) is 1.32. The molecule has 4 nitrogen and oxygen atoms in total. The van der Waals surface area contributed by atoms with Crippen LogP contribution >= 0.6 is 23.1 Å². The van der Waals surface area contributed by atoms with Gasteiger partial charge in [0.05, 0.1) is 16.0 Å². The Morgan fingerprint density at radius 2 is 2.41 bits per heavy atom. The lowest BCUT2D eigenvalue weighted by molar-refractivity contribution is -0.118. The molecule has 2 aromatic rings. The van der Waals surface area contributed by atoms with Crippen LogP contribution in [0.15, 0.2) is 22.8 Å².